The van der Waals surface area contributed by atoms with E-state index in [0.717, 1.165) is 32.5 Å². The first kappa shape index (κ1) is 17.7. The summed E-state index contributed by atoms with van der Waals surface area (Å²) in [6.45, 7) is 9.49. The molecular formula is C20H27N3O2. The Bertz CT molecular complexity index is 700. The van der Waals surface area contributed by atoms with E-state index in [4.69, 9.17) is 4.42 Å². The number of oxazole rings is 1. The number of aromatic nitrogens is 1. The van der Waals surface area contributed by atoms with Gasteiger partial charge in [0.2, 0.25) is 5.89 Å². The Balaban J connectivity index is 1.66. The van der Waals surface area contributed by atoms with Crippen LogP contribution in [0.5, 0.6) is 0 Å². The second kappa shape index (κ2) is 7.83. The van der Waals surface area contributed by atoms with Crippen molar-refractivity contribution in [1.82, 2.24) is 14.8 Å². The Morgan fingerprint density at radius 3 is 2.52 bits per heavy atom. The van der Waals surface area contributed by atoms with E-state index in [1.54, 1.807) is 0 Å². The Hall–Kier alpha value is -2.14. The number of carbonyl (C=O) groups excluding carboxylic acids is 1. The van der Waals surface area contributed by atoms with Crippen molar-refractivity contribution in [1.29, 1.82) is 0 Å². The van der Waals surface area contributed by atoms with Crippen LogP contribution in [0.25, 0.3) is 0 Å². The molecule has 0 aliphatic carbocycles. The van der Waals surface area contributed by atoms with Crippen LogP contribution in [0.2, 0.25) is 0 Å². The SMILES string of the molecule is Cc1ccc(CN(Cc2nc(C(=O)N3CCCC3)co2)C(C)C)cc1. The Labute approximate surface area is 149 Å². The number of hydrogen-bond donors (Lipinski definition) is 0. The van der Waals surface area contributed by atoms with Crippen molar-refractivity contribution in [2.45, 2.75) is 52.7 Å². The molecule has 1 aromatic carbocycles. The Morgan fingerprint density at radius 2 is 1.88 bits per heavy atom. The van der Waals surface area contributed by atoms with E-state index < -0.39 is 0 Å². The minimum atomic E-state index is -0.0119. The quantitative estimate of drug-likeness (QED) is 0.805. The molecule has 5 nitrogen and oxygen atoms in total. The molecule has 1 aliphatic rings. The zero-order valence-electron chi connectivity index (χ0n) is 15.4. The summed E-state index contributed by atoms with van der Waals surface area (Å²) >= 11 is 0. The average Bonchev–Trinajstić information content (AvgIpc) is 3.27. The van der Waals surface area contributed by atoms with Gasteiger partial charge in [-0.1, -0.05) is 29.8 Å². The molecule has 0 unspecified atom stereocenters. The summed E-state index contributed by atoms with van der Waals surface area (Å²) < 4.78 is 5.58. The molecule has 1 fully saturated rings. The molecule has 0 atom stereocenters. The maximum absolute atomic E-state index is 12.4. The van der Waals surface area contributed by atoms with Gasteiger partial charge in [0, 0.05) is 25.7 Å². The molecule has 5 heteroatoms. The molecule has 2 heterocycles. The third kappa shape index (κ3) is 4.48. The number of hydrogen-bond acceptors (Lipinski definition) is 4. The molecule has 134 valence electrons. The third-order valence-electron chi connectivity index (χ3n) is 4.74. The van der Waals surface area contributed by atoms with Crippen molar-refractivity contribution in [3.05, 3.63) is 53.2 Å². The van der Waals surface area contributed by atoms with E-state index in [1.165, 1.54) is 17.4 Å². The summed E-state index contributed by atoms with van der Waals surface area (Å²) in [5.41, 5.74) is 2.95. The summed E-state index contributed by atoms with van der Waals surface area (Å²) in [4.78, 5) is 21.0. The van der Waals surface area contributed by atoms with Crippen LogP contribution in [0.4, 0.5) is 0 Å². The van der Waals surface area contributed by atoms with Gasteiger partial charge in [-0.3, -0.25) is 9.69 Å². The maximum Gasteiger partial charge on any atom is 0.275 e. The zero-order chi connectivity index (χ0) is 17.8. The predicted molar refractivity (Wildman–Crippen MR) is 97.2 cm³/mol. The van der Waals surface area contributed by atoms with Gasteiger partial charge in [0.05, 0.1) is 6.54 Å². The second-order valence-corrected chi connectivity index (χ2v) is 7.11. The van der Waals surface area contributed by atoms with E-state index in [9.17, 15) is 4.79 Å². The van der Waals surface area contributed by atoms with Gasteiger partial charge in [0.1, 0.15) is 6.26 Å². The van der Waals surface area contributed by atoms with Crippen LogP contribution in [0.3, 0.4) is 0 Å². The Morgan fingerprint density at radius 1 is 1.20 bits per heavy atom. The van der Waals surface area contributed by atoms with Crippen LogP contribution in [0.1, 0.15) is 54.2 Å². The van der Waals surface area contributed by atoms with Crippen LogP contribution in [0, 0.1) is 6.92 Å². The van der Waals surface area contributed by atoms with Crippen molar-refractivity contribution in [2.75, 3.05) is 13.1 Å². The summed E-state index contributed by atoms with van der Waals surface area (Å²) in [6.07, 6.45) is 3.66. The maximum atomic E-state index is 12.4. The van der Waals surface area contributed by atoms with Gasteiger partial charge in [-0.2, -0.15) is 0 Å². The molecule has 25 heavy (non-hydrogen) atoms. The minimum Gasteiger partial charge on any atom is -0.447 e. The van der Waals surface area contributed by atoms with Gasteiger partial charge >= 0.3 is 0 Å². The summed E-state index contributed by atoms with van der Waals surface area (Å²) in [5, 5.41) is 0. The monoisotopic (exact) mass is 341 g/mol. The van der Waals surface area contributed by atoms with Gasteiger partial charge in [-0.05, 0) is 39.2 Å². The van der Waals surface area contributed by atoms with Gasteiger partial charge < -0.3 is 9.32 Å². The predicted octanol–water partition coefficient (Wildman–Crippen LogP) is 3.63. The molecule has 0 N–H and O–H groups in total. The van der Waals surface area contributed by atoms with Crippen molar-refractivity contribution < 1.29 is 9.21 Å². The molecule has 0 saturated carbocycles. The highest BCUT2D eigenvalue weighted by molar-refractivity contribution is 5.92. The fraction of sp³-hybridized carbons (Fsp3) is 0.500. The third-order valence-corrected chi connectivity index (χ3v) is 4.74. The highest BCUT2D eigenvalue weighted by atomic mass is 16.3. The zero-order valence-corrected chi connectivity index (χ0v) is 15.4. The van der Waals surface area contributed by atoms with Gasteiger partial charge in [0.15, 0.2) is 5.69 Å². The Kier molecular flexibility index (Phi) is 5.53. The number of rotatable bonds is 6. The lowest BCUT2D eigenvalue weighted by atomic mass is 10.1. The molecular weight excluding hydrogens is 314 g/mol. The minimum absolute atomic E-state index is 0.0119. The fourth-order valence-corrected chi connectivity index (χ4v) is 3.09. The van der Waals surface area contributed by atoms with E-state index in [-0.39, 0.29) is 5.91 Å². The number of aryl methyl sites for hydroxylation is 1. The van der Waals surface area contributed by atoms with Crippen molar-refractivity contribution in [3.63, 3.8) is 0 Å². The van der Waals surface area contributed by atoms with Crippen molar-refractivity contribution >= 4 is 5.91 Å². The molecule has 1 saturated heterocycles. The van der Waals surface area contributed by atoms with E-state index >= 15 is 0 Å². The lowest BCUT2D eigenvalue weighted by Crippen LogP contribution is -2.30. The molecule has 1 aliphatic heterocycles. The molecule has 0 spiro atoms. The number of likely N-dealkylation sites (tertiary alicyclic amines) is 1. The second-order valence-electron chi connectivity index (χ2n) is 7.11. The molecule has 1 aromatic heterocycles. The first-order chi connectivity index (χ1) is 12.0. The van der Waals surface area contributed by atoms with Crippen molar-refractivity contribution in [2.24, 2.45) is 0 Å². The highest BCUT2D eigenvalue weighted by Gasteiger charge is 2.23. The summed E-state index contributed by atoms with van der Waals surface area (Å²) in [7, 11) is 0. The topological polar surface area (TPSA) is 49.6 Å². The highest BCUT2D eigenvalue weighted by Crippen LogP contribution is 2.16. The number of carbonyl (C=O) groups is 1. The van der Waals surface area contributed by atoms with Gasteiger partial charge in [0.25, 0.3) is 5.91 Å². The smallest absolute Gasteiger partial charge is 0.275 e. The molecule has 2 aromatic rings. The van der Waals surface area contributed by atoms with E-state index in [1.807, 2.05) is 4.90 Å². The van der Waals surface area contributed by atoms with Crippen LogP contribution in [0.15, 0.2) is 34.9 Å². The summed E-state index contributed by atoms with van der Waals surface area (Å²) in [5.74, 6) is 0.588. The standard InChI is InChI=1S/C20H27N3O2/c1-15(2)23(12-17-8-6-16(3)7-9-17)13-19-21-18(14-25-19)20(24)22-10-4-5-11-22/h6-9,14-15H,4-5,10-13H2,1-3H3. The van der Waals surface area contributed by atoms with Crippen LogP contribution in [-0.4, -0.2) is 39.8 Å². The van der Waals surface area contributed by atoms with Gasteiger partial charge in [-0.15, -0.1) is 0 Å². The largest absolute Gasteiger partial charge is 0.447 e. The van der Waals surface area contributed by atoms with Crippen LogP contribution in [-0.2, 0) is 13.1 Å². The number of amides is 1. The number of nitrogens with zero attached hydrogens (tertiary/aromatic N) is 3. The molecule has 0 bridgehead atoms. The number of benzene rings is 1. The average molecular weight is 341 g/mol. The lowest BCUT2D eigenvalue weighted by Gasteiger charge is -2.25. The molecule has 3 rings (SSSR count). The van der Waals surface area contributed by atoms with Gasteiger partial charge in [-0.25, -0.2) is 4.98 Å². The van der Waals surface area contributed by atoms with Crippen LogP contribution >= 0.6 is 0 Å². The van der Waals surface area contributed by atoms with E-state index in [2.05, 4.69) is 54.9 Å². The van der Waals surface area contributed by atoms with Crippen LogP contribution < -0.4 is 0 Å². The molecule has 1 amide bonds. The fourth-order valence-electron chi connectivity index (χ4n) is 3.09. The lowest BCUT2D eigenvalue weighted by molar-refractivity contribution is 0.0787. The summed E-state index contributed by atoms with van der Waals surface area (Å²) in [6, 6.07) is 8.92. The van der Waals surface area contributed by atoms with Crippen molar-refractivity contribution in [3.8, 4) is 0 Å². The normalized spacial score (nSPS) is 14.7. The first-order valence-corrected chi connectivity index (χ1v) is 9.06. The first-order valence-electron chi connectivity index (χ1n) is 9.06. The van der Waals surface area contributed by atoms with E-state index in [0.29, 0.717) is 24.2 Å². The molecule has 0 radical (unpaired) electrons.